The molecule has 1 aromatic heterocycles. The summed E-state index contributed by atoms with van der Waals surface area (Å²) in [6.07, 6.45) is 0. The van der Waals surface area contributed by atoms with Crippen LogP contribution in [0, 0.1) is 13.8 Å². The van der Waals surface area contributed by atoms with E-state index in [1.165, 1.54) is 0 Å². The predicted octanol–water partition coefficient (Wildman–Crippen LogP) is 4.26. The van der Waals surface area contributed by atoms with Gasteiger partial charge in [-0.1, -0.05) is 41.4 Å². The Morgan fingerprint density at radius 2 is 1.84 bits per heavy atom. The number of carbonyl (C=O) groups is 1. The van der Waals surface area contributed by atoms with Crippen molar-refractivity contribution in [3.05, 3.63) is 57.3 Å². The Hall–Kier alpha value is -1.58. The van der Waals surface area contributed by atoms with Gasteiger partial charge in [0.05, 0.1) is 5.69 Å². The zero-order valence-electron chi connectivity index (χ0n) is 10.5. The largest absolute Gasteiger partial charge is 0.319 e. The second-order valence-corrected chi connectivity index (χ2v) is 4.94. The van der Waals surface area contributed by atoms with E-state index in [0.29, 0.717) is 16.4 Å². The van der Waals surface area contributed by atoms with Crippen LogP contribution in [0.4, 0.5) is 5.69 Å². The number of anilines is 1. The van der Waals surface area contributed by atoms with Gasteiger partial charge in [0.15, 0.2) is 5.15 Å². The number of aromatic nitrogens is 1. The number of rotatable bonds is 2. The molecule has 0 aliphatic rings. The number of hydrogen-bond acceptors (Lipinski definition) is 2. The molecule has 19 heavy (non-hydrogen) atoms. The molecule has 0 spiro atoms. The van der Waals surface area contributed by atoms with E-state index in [1.54, 1.807) is 12.1 Å². The maximum atomic E-state index is 12.2. The first-order valence-corrected chi connectivity index (χ1v) is 6.44. The second kappa shape index (κ2) is 5.59. The molecule has 0 aliphatic heterocycles. The summed E-state index contributed by atoms with van der Waals surface area (Å²) in [5.74, 6) is -0.216. The van der Waals surface area contributed by atoms with Crippen LogP contribution in [0.1, 0.15) is 21.5 Å². The van der Waals surface area contributed by atoms with Crippen molar-refractivity contribution < 1.29 is 4.79 Å². The lowest BCUT2D eigenvalue weighted by Gasteiger charge is -2.11. The lowest BCUT2D eigenvalue weighted by molar-refractivity contribution is 0.102. The topological polar surface area (TPSA) is 42.0 Å². The van der Waals surface area contributed by atoms with Crippen LogP contribution in [0.25, 0.3) is 0 Å². The van der Waals surface area contributed by atoms with E-state index in [1.807, 2.05) is 32.0 Å². The third-order valence-corrected chi connectivity index (χ3v) is 3.24. The first-order chi connectivity index (χ1) is 8.99. The Bertz CT molecular complexity index is 618. The highest BCUT2D eigenvalue weighted by molar-refractivity contribution is 6.35. The van der Waals surface area contributed by atoms with Crippen molar-refractivity contribution >= 4 is 34.8 Å². The number of hydrogen-bond donors (Lipinski definition) is 1. The van der Waals surface area contributed by atoms with Gasteiger partial charge in [-0.3, -0.25) is 4.79 Å². The van der Waals surface area contributed by atoms with Gasteiger partial charge in [-0.25, -0.2) is 4.98 Å². The Morgan fingerprint density at radius 1 is 1.16 bits per heavy atom. The van der Waals surface area contributed by atoms with E-state index < -0.39 is 0 Å². The Labute approximate surface area is 121 Å². The molecule has 0 aliphatic carbocycles. The molecule has 0 fully saturated rings. The molecule has 0 saturated carbocycles. The molecule has 0 bridgehead atoms. The number of pyridine rings is 1. The lowest BCUT2D eigenvalue weighted by atomic mass is 10.1. The first kappa shape index (κ1) is 13.8. The average molecular weight is 295 g/mol. The summed E-state index contributed by atoms with van der Waals surface area (Å²) in [6.45, 7) is 3.69. The second-order valence-electron chi connectivity index (χ2n) is 4.20. The van der Waals surface area contributed by atoms with Gasteiger partial charge in [-0.05, 0) is 37.1 Å². The van der Waals surface area contributed by atoms with E-state index in [-0.39, 0.29) is 11.1 Å². The number of halogens is 2. The number of carbonyl (C=O) groups excluding carboxylic acids is 1. The number of aryl methyl sites for hydroxylation is 2. The summed E-state index contributed by atoms with van der Waals surface area (Å²) in [4.78, 5) is 16.1. The number of nitrogens with zero attached hydrogens (tertiary/aromatic N) is 1. The standard InChI is InChI=1S/C14H12Cl2N2O/c1-8-5-3-4-6-10(8)14(19)18-12-9(2)7-11(15)17-13(12)16/h3-7H,1-2H3,(H,18,19). The predicted molar refractivity (Wildman–Crippen MR) is 78.1 cm³/mol. The van der Waals surface area contributed by atoms with Gasteiger partial charge in [0, 0.05) is 5.56 Å². The fourth-order valence-corrected chi connectivity index (χ4v) is 2.33. The van der Waals surface area contributed by atoms with Crippen LogP contribution in [0.15, 0.2) is 30.3 Å². The van der Waals surface area contributed by atoms with Crippen molar-refractivity contribution in [1.82, 2.24) is 4.98 Å². The van der Waals surface area contributed by atoms with Crippen LogP contribution in [-0.4, -0.2) is 10.9 Å². The van der Waals surface area contributed by atoms with E-state index in [0.717, 1.165) is 11.1 Å². The highest BCUT2D eigenvalue weighted by Gasteiger charge is 2.13. The van der Waals surface area contributed by atoms with Crippen molar-refractivity contribution in [1.29, 1.82) is 0 Å². The molecule has 0 unspecified atom stereocenters. The maximum absolute atomic E-state index is 12.2. The minimum absolute atomic E-state index is 0.187. The SMILES string of the molecule is Cc1ccccc1C(=O)Nc1c(C)cc(Cl)nc1Cl. The molecule has 2 rings (SSSR count). The molecule has 0 radical (unpaired) electrons. The first-order valence-electron chi connectivity index (χ1n) is 5.68. The molecule has 5 heteroatoms. The van der Waals surface area contributed by atoms with Crippen LogP contribution in [-0.2, 0) is 0 Å². The van der Waals surface area contributed by atoms with Gasteiger partial charge in [-0.2, -0.15) is 0 Å². The molecular weight excluding hydrogens is 283 g/mol. The van der Waals surface area contributed by atoms with Gasteiger partial charge in [-0.15, -0.1) is 0 Å². The zero-order valence-corrected chi connectivity index (χ0v) is 12.0. The molecule has 1 amide bonds. The van der Waals surface area contributed by atoms with Gasteiger partial charge >= 0.3 is 0 Å². The van der Waals surface area contributed by atoms with Crippen LogP contribution < -0.4 is 5.32 Å². The van der Waals surface area contributed by atoms with Crippen molar-refractivity contribution in [2.24, 2.45) is 0 Å². The zero-order chi connectivity index (χ0) is 14.0. The molecule has 0 saturated heterocycles. The Kier molecular flexibility index (Phi) is 4.08. The Morgan fingerprint density at radius 3 is 2.47 bits per heavy atom. The molecule has 98 valence electrons. The molecule has 1 heterocycles. The van der Waals surface area contributed by atoms with Gasteiger partial charge < -0.3 is 5.32 Å². The molecular formula is C14H12Cl2N2O. The summed E-state index contributed by atoms with van der Waals surface area (Å²) in [5.41, 5.74) is 2.76. The molecule has 1 aromatic carbocycles. The monoisotopic (exact) mass is 294 g/mol. The van der Waals surface area contributed by atoms with Crippen molar-refractivity contribution in [2.75, 3.05) is 5.32 Å². The molecule has 2 aromatic rings. The number of nitrogens with one attached hydrogen (secondary N) is 1. The third kappa shape index (κ3) is 3.06. The highest BCUT2D eigenvalue weighted by atomic mass is 35.5. The number of benzene rings is 1. The summed E-state index contributed by atoms with van der Waals surface area (Å²) >= 11 is 11.8. The fraction of sp³-hybridized carbons (Fsp3) is 0.143. The normalized spacial score (nSPS) is 10.3. The average Bonchev–Trinajstić information content (AvgIpc) is 2.34. The highest BCUT2D eigenvalue weighted by Crippen LogP contribution is 2.27. The number of amides is 1. The Balaban J connectivity index is 2.32. The van der Waals surface area contributed by atoms with E-state index >= 15 is 0 Å². The molecule has 1 N–H and O–H groups in total. The van der Waals surface area contributed by atoms with E-state index in [9.17, 15) is 4.79 Å². The van der Waals surface area contributed by atoms with E-state index in [4.69, 9.17) is 23.2 Å². The van der Waals surface area contributed by atoms with Crippen LogP contribution in [0.2, 0.25) is 10.3 Å². The third-order valence-electron chi connectivity index (χ3n) is 2.77. The minimum Gasteiger partial charge on any atom is -0.319 e. The van der Waals surface area contributed by atoms with Crippen molar-refractivity contribution in [3.63, 3.8) is 0 Å². The van der Waals surface area contributed by atoms with Crippen molar-refractivity contribution in [3.8, 4) is 0 Å². The smallest absolute Gasteiger partial charge is 0.256 e. The van der Waals surface area contributed by atoms with Gasteiger partial charge in [0.2, 0.25) is 0 Å². The molecule has 0 atom stereocenters. The van der Waals surface area contributed by atoms with Crippen LogP contribution in [0.5, 0.6) is 0 Å². The minimum atomic E-state index is -0.216. The molecule has 3 nitrogen and oxygen atoms in total. The van der Waals surface area contributed by atoms with Gasteiger partial charge in [0.25, 0.3) is 5.91 Å². The fourth-order valence-electron chi connectivity index (χ4n) is 1.75. The van der Waals surface area contributed by atoms with Crippen molar-refractivity contribution in [2.45, 2.75) is 13.8 Å². The summed E-state index contributed by atoms with van der Waals surface area (Å²) in [5, 5.41) is 3.26. The summed E-state index contributed by atoms with van der Waals surface area (Å²) in [7, 11) is 0. The van der Waals surface area contributed by atoms with E-state index in [2.05, 4.69) is 10.3 Å². The van der Waals surface area contributed by atoms with Gasteiger partial charge in [0.1, 0.15) is 5.15 Å². The van der Waals surface area contributed by atoms with Crippen LogP contribution in [0.3, 0.4) is 0 Å². The quantitative estimate of drug-likeness (QED) is 0.841. The maximum Gasteiger partial charge on any atom is 0.256 e. The van der Waals surface area contributed by atoms with Crippen LogP contribution >= 0.6 is 23.2 Å². The lowest BCUT2D eigenvalue weighted by Crippen LogP contribution is -2.14. The summed E-state index contributed by atoms with van der Waals surface area (Å²) in [6, 6.07) is 8.99. The summed E-state index contributed by atoms with van der Waals surface area (Å²) < 4.78 is 0.